The molecule has 0 aliphatic carbocycles. The highest BCUT2D eigenvalue weighted by atomic mass is 19.1. The molecule has 74 valence electrons. The molecule has 6 heteroatoms. The third kappa shape index (κ3) is 1.59. The zero-order chi connectivity index (χ0) is 10.1. The molecule has 5 nitrogen and oxygen atoms in total. The molecule has 0 spiro atoms. The zero-order valence-corrected chi connectivity index (χ0v) is 7.68. The molecule has 2 N–H and O–H groups in total. The number of nitrogens with two attached hydrogens (primary N) is 1. The van der Waals surface area contributed by atoms with E-state index in [4.69, 9.17) is 5.73 Å². The summed E-state index contributed by atoms with van der Waals surface area (Å²) in [4.78, 5) is 0. The number of benzene rings is 1. The van der Waals surface area contributed by atoms with Crippen LogP contribution in [0.1, 0.15) is 0 Å². The van der Waals surface area contributed by atoms with Gasteiger partial charge in [-0.15, -0.1) is 0 Å². The van der Waals surface area contributed by atoms with Gasteiger partial charge < -0.3 is 5.73 Å². The first-order valence-electron chi connectivity index (χ1n) is 4.11. The van der Waals surface area contributed by atoms with E-state index < -0.39 is 0 Å². The van der Waals surface area contributed by atoms with E-state index in [1.807, 2.05) is 0 Å². The molecule has 1 aromatic carbocycles. The van der Waals surface area contributed by atoms with Crippen LogP contribution in [0.25, 0.3) is 0 Å². The van der Waals surface area contributed by atoms with Gasteiger partial charge in [-0.1, -0.05) is 5.22 Å². The molecule has 1 heterocycles. The van der Waals surface area contributed by atoms with Crippen LogP contribution in [0.15, 0.2) is 28.6 Å². The summed E-state index contributed by atoms with van der Waals surface area (Å²) in [6.45, 7) is 0.503. The van der Waals surface area contributed by atoms with Gasteiger partial charge in [0, 0.05) is 12.7 Å². The highest BCUT2D eigenvalue weighted by molar-refractivity contribution is 5.55. The quantitative estimate of drug-likeness (QED) is 0.689. The third-order valence-electron chi connectivity index (χ3n) is 1.84. The average molecular weight is 195 g/mol. The molecule has 1 aromatic rings. The maximum Gasteiger partial charge on any atom is 0.132 e. The Hall–Kier alpha value is -1.85. The van der Waals surface area contributed by atoms with Crippen molar-refractivity contribution < 1.29 is 4.39 Å². The number of rotatable bonds is 1. The van der Waals surface area contributed by atoms with Crippen LogP contribution in [0.5, 0.6) is 0 Å². The Morgan fingerprint density at radius 1 is 1.36 bits per heavy atom. The van der Waals surface area contributed by atoms with Crippen molar-refractivity contribution in [2.45, 2.75) is 0 Å². The van der Waals surface area contributed by atoms with Crippen molar-refractivity contribution in [1.82, 2.24) is 5.01 Å². The Morgan fingerprint density at radius 2 is 2.14 bits per heavy atom. The molecule has 0 amide bonds. The van der Waals surface area contributed by atoms with Crippen molar-refractivity contribution in [3.63, 3.8) is 0 Å². The second-order valence-corrected chi connectivity index (χ2v) is 3.12. The molecule has 1 aliphatic heterocycles. The lowest BCUT2D eigenvalue weighted by Gasteiger charge is -2.13. The average Bonchev–Trinajstić information content (AvgIpc) is 2.50. The summed E-state index contributed by atoms with van der Waals surface area (Å²) in [6, 6.07) is 4.29. The first-order chi connectivity index (χ1) is 6.65. The van der Waals surface area contributed by atoms with Gasteiger partial charge in [-0.25, -0.2) is 9.40 Å². The number of hydrogen-bond acceptors (Lipinski definition) is 5. The lowest BCUT2D eigenvalue weighted by molar-refractivity contribution is 0.390. The van der Waals surface area contributed by atoms with Gasteiger partial charge in [0.15, 0.2) is 0 Å². The smallest absolute Gasteiger partial charge is 0.132 e. The van der Waals surface area contributed by atoms with Gasteiger partial charge in [0.05, 0.1) is 5.69 Å². The largest absolute Gasteiger partial charge is 0.399 e. The van der Waals surface area contributed by atoms with Crippen molar-refractivity contribution in [2.24, 2.45) is 10.4 Å². The van der Waals surface area contributed by atoms with Crippen molar-refractivity contribution in [1.29, 1.82) is 0 Å². The second kappa shape index (κ2) is 3.13. The standard InChI is InChI=1S/C8H10FN5/c1-13-5-14(12-11-13)8-3-6(9)2-7(10)4-8/h2-4H,5,10H2,1H3. The SMILES string of the molecule is CN1CN(c2cc(N)cc(F)c2)N=N1. The highest BCUT2D eigenvalue weighted by Crippen LogP contribution is 2.22. The van der Waals surface area contributed by atoms with Gasteiger partial charge in [0.2, 0.25) is 0 Å². The van der Waals surface area contributed by atoms with Crippen LogP contribution in [0.3, 0.4) is 0 Å². The molecule has 2 rings (SSSR count). The van der Waals surface area contributed by atoms with Crippen LogP contribution in [0.4, 0.5) is 15.8 Å². The minimum absolute atomic E-state index is 0.371. The normalized spacial score (nSPS) is 15.3. The van der Waals surface area contributed by atoms with Crippen molar-refractivity contribution >= 4 is 11.4 Å². The lowest BCUT2D eigenvalue weighted by atomic mass is 10.2. The molecule has 0 atom stereocenters. The number of hydrogen-bond donors (Lipinski definition) is 1. The van der Waals surface area contributed by atoms with Gasteiger partial charge in [0.1, 0.15) is 12.5 Å². The fraction of sp³-hybridized carbons (Fsp3) is 0.250. The van der Waals surface area contributed by atoms with Crippen molar-refractivity contribution in [2.75, 3.05) is 24.5 Å². The minimum atomic E-state index is -0.371. The maximum atomic E-state index is 13.0. The third-order valence-corrected chi connectivity index (χ3v) is 1.84. The molecule has 0 bridgehead atoms. The Balaban J connectivity index is 2.28. The number of halogens is 1. The number of nitrogens with zero attached hydrogens (tertiary/aromatic N) is 4. The first-order valence-corrected chi connectivity index (χ1v) is 4.11. The number of nitrogen functional groups attached to an aromatic ring is 1. The van der Waals surface area contributed by atoms with Crippen LogP contribution in [-0.4, -0.2) is 18.7 Å². The molecule has 1 aliphatic rings. The summed E-state index contributed by atoms with van der Waals surface area (Å²) in [6.07, 6.45) is 0. The van der Waals surface area contributed by atoms with E-state index in [1.54, 1.807) is 23.1 Å². The first kappa shape index (κ1) is 8.74. The van der Waals surface area contributed by atoms with Crippen LogP contribution < -0.4 is 10.7 Å². The van der Waals surface area contributed by atoms with Crippen LogP contribution in [0, 0.1) is 5.82 Å². The van der Waals surface area contributed by atoms with E-state index in [0.29, 0.717) is 18.0 Å². The molecule has 14 heavy (non-hydrogen) atoms. The summed E-state index contributed by atoms with van der Waals surface area (Å²) < 4.78 is 13.0. The van der Waals surface area contributed by atoms with Gasteiger partial charge >= 0.3 is 0 Å². The van der Waals surface area contributed by atoms with E-state index in [-0.39, 0.29) is 5.82 Å². The van der Waals surface area contributed by atoms with Crippen molar-refractivity contribution in [3.8, 4) is 0 Å². The minimum Gasteiger partial charge on any atom is -0.399 e. The van der Waals surface area contributed by atoms with E-state index in [1.165, 1.54) is 12.1 Å². The molecular formula is C8H10FN5. The van der Waals surface area contributed by atoms with Crippen LogP contribution >= 0.6 is 0 Å². The zero-order valence-electron chi connectivity index (χ0n) is 7.68. The molecular weight excluding hydrogens is 185 g/mol. The number of anilines is 2. The van der Waals surface area contributed by atoms with E-state index >= 15 is 0 Å². The predicted molar refractivity (Wildman–Crippen MR) is 50.8 cm³/mol. The topological polar surface area (TPSA) is 57.2 Å². The maximum absolute atomic E-state index is 13.0. The van der Waals surface area contributed by atoms with Gasteiger partial charge in [-0.05, 0) is 23.4 Å². The summed E-state index contributed by atoms with van der Waals surface area (Å²) >= 11 is 0. The molecule has 0 fully saturated rings. The fourth-order valence-electron chi connectivity index (χ4n) is 1.25. The Kier molecular flexibility index (Phi) is 1.95. The summed E-state index contributed by atoms with van der Waals surface area (Å²) in [5.41, 5.74) is 6.50. The summed E-state index contributed by atoms with van der Waals surface area (Å²) in [7, 11) is 1.78. The Bertz CT molecular complexity index is 358. The Morgan fingerprint density at radius 3 is 2.71 bits per heavy atom. The fourth-order valence-corrected chi connectivity index (χ4v) is 1.25. The molecule has 0 saturated carbocycles. The Labute approximate surface area is 80.6 Å². The molecule has 0 aromatic heterocycles. The van der Waals surface area contributed by atoms with Crippen LogP contribution in [-0.2, 0) is 0 Å². The van der Waals surface area contributed by atoms with Gasteiger partial charge in [-0.3, -0.25) is 5.01 Å². The second-order valence-electron chi connectivity index (χ2n) is 3.12. The molecule has 0 radical (unpaired) electrons. The monoisotopic (exact) mass is 195 g/mol. The van der Waals surface area contributed by atoms with Gasteiger partial charge in [0.25, 0.3) is 0 Å². The van der Waals surface area contributed by atoms with Crippen LogP contribution in [0.2, 0.25) is 0 Å². The lowest BCUT2D eigenvalue weighted by Crippen LogP contribution is -2.21. The summed E-state index contributed by atoms with van der Waals surface area (Å²) in [5.74, 6) is -0.371. The predicted octanol–water partition coefficient (Wildman–Crippen LogP) is 1.40. The van der Waals surface area contributed by atoms with Crippen molar-refractivity contribution in [3.05, 3.63) is 24.0 Å². The van der Waals surface area contributed by atoms with E-state index in [0.717, 1.165) is 0 Å². The highest BCUT2D eigenvalue weighted by Gasteiger charge is 2.14. The van der Waals surface area contributed by atoms with Gasteiger partial charge in [-0.2, -0.15) is 0 Å². The van der Waals surface area contributed by atoms with E-state index in [9.17, 15) is 4.39 Å². The summed E-state index contributed by atoms with van der Waals surface area (Å²) in [5, 5.41) is 10.8. The molecule has 0 unspecified atom stereocenters. The molecule has 0 saturated heterocycles. The van der Waals surface area contributed by atoms with E-state index in [2.05, 4.69) is 10.4 Å².